The minimum absolute atomic E-state index is 0.0102. The second-order valence-electron chi connectivity index (χ2n) is 7.14. The van der Waals surface area contributed by atoms with Gasteiger partial charge in [0.15, 0.2) is 0 Å². The number of benzene rings is 2. The molecule has 1 N–H and O–H groups in total. The van der Waals surface area contributed by atoms with E-state index in [1.807, 2.05) is 66.3 Å². The number of aryl methyl sites for hydroxylation is 1. The number of para-hydroxylation sites is 1. The van der Waals surface area contributed by atoms with Crippen molar-refractivity contribution in [2.45, 2.75) is 13.0 Å². The van der Waals surface area contributed by atoms with E-state index >= 15 is 0 Å². The number of nitrogens with zero attached hydrogens (tertiary/aromatic N) is 2. The maximum atomic E-state index is 12.8. The van der Waals surface area contributed by atoms with E-state index in [-0.39, 0.29) is 24.2 Å². The van der Waals surface area contributed by atoms with E-state index in [0.717, 1.165) is 27.9 Å². The van der Waals surface area contributed by atoms with Crippen LogP contribution in [0.5, 0.6) is 5.75 Å². The van der Waals surface area contributed by atoms with Gasteiger partial charge in [-0.2, -0.15) is 0 Å². The fourth-order valence-electron chi connectivity index (χ4n) is 3.79. The summed E-state index contributed by atoms with van der Waals surface area (Å²) in [4.78, 5) is 27.0. The minimum atomic E-state index is -0.360. The Morgan fingerprint density at radius 2 is 2.00 bits per heavy atom. The average molecular weight is 377 g/mol. The average Bonchev–Trinajstić information content (AvgIpc) is 3.26. The monoisotopic (exact) mass is 377 g/mol. The van der Waals surface area contributed by atoms with Gasteiger partial charge < -0.3 is 19.5 Å². The molecule has 144 valence electrons. The molecule has 1 aromatic heterocycles. The second kappa shape index (κ2) is 7.38. The Hall–Kier alpha value is -3.28. The summed E-state index contributed by atoms with van der Waals surface area (Å²) in [6.07, 6.45) is 2.19. The van der Waals surface area contributed by atoms with Gasteiger partial charge in [-0.3, -0.25) is 9.59 Å². The zero-order valence-corrected chi connectivity index (χ0v) is 16.0. The highest BCUT2D eigenvalue weighted by molar-refractivity contribution is 6.03. The Bertz CT molecular complexity index is 1040. The third kappa shape index (κ3) is 3.33. The van der Waals surface area contributed by atoms with Gasteiger partial charge in [-0.1, -0.05) is 24.3 Å². The highest BCUT2D eigenvalue weighted by Gasteiger charge is 2.34. The van der Waals surface area contributed by atoms with E-state index in [1.54, 1.807) is 12.0 Å². The number of anilines is 1. The Kier molecular flexibility index (Phi) is 4.77. The molecule has 28 heavy (non-hydrogen) atoms. The standard InChI is InChI=1S/C22H23N3O3/c1-24-11-10-17-18(7-5-8-19(17)24)23-22(27)16-12-21(26)25(14-16)13-15-6-3-4-9-20(15)28-2/h3-11,16H,12-14H2,1-2H3,(H,23,27)/t16-/m0/s1. The molecule has 2 heterocycles. The van der Waals surface area contributed by atoms with Gasteiger partial charge in [0.25, 0.3) is 0 Å². The van der Waals surface area contributed by atoms with Crippen LogP contribution in [0.2, 0.25) is 0 Å². The Morgan fingerprint density at radius 3 is 2.82 bits per heavy atom. The topological polar surface area (TPSA) is 63.6 Å². The maximum Gasteiger partial charge on any atom is 0.229 e. The first-order valence-corrected chi connectivity index (χ1v) is 9.31. The molecule has 1 fully saturated rings. The van der Waals surface area contributed by atoms with E-state index in [4.69, 9.17) is 4.74 Å². The summed E-state index contributed by atoms with van der Waals surface area (Å²) in [6.45, 7) is 0.856. The molecular formula is C22H23N3O3. The smallest absolute Gasteiger partial charge is 0.229 e. The lowest BCUT2D eigenvalue weighted by atomic mass is 10.1. The number of rotatable bonds is 5. The van der Waals surface area contributed by atoms with E-state index in [9.17, 15) is 9.59 Å². The van der Waals surface area contributed by atoms with Crippen LogP contribution in [0, 0.1) is 5.92 Å². The molecule has 6 nitrogen and oxygen atoms in total. The molecule has 1 saturated heterocycles. The van der Waals surface area contributed by atoms with Gasteiger partial charge in [0.1, 0.15) is 5.75 Å². The molecule has 0 saturated carbocycles. The molecule has 1 atom stereocenters. The third-order valence-electron chi connectivity index (χ3n) is 5.32. The molecule has 0 aliphatic carbocycles. The summed E-state index contributed by atoms with van der Waals surface area (Å²) in [5.74, 6) is 0.260. The van der Waals surface area contributed by atoms with Gasteiger partial charge >= 0.3 is 0 Å². The number of hydrogen-bond donors (Lipinski definition) is 1. The SMILES string of the molecule is COc1ccccc1CN1C[C@@H](C(=O)Nc2cccc3c2ccn3C)CC1=O. The third-order valence-corrected chi connectivity index (χ3v) is 5.32. The van der Waals surface area contributed by atoms with Gasteiger partial charge in [-0.05, 0) is 24.3 Å². The molecule has 0 spiro atoms. The number of ether oxygens (including phenoxy) is 1. The molecule has 4 rings (SSSR count). The zero-order valence-electron chi connectivity index (χ0n) is 16.0. The molecule has 6 heteroatoms. The lowest BCUT2D eigenvalue weighted by Gasteiger charge is -2.18. The van der Waals surface area contributed by atoms with E-state index in [1.165, 1.54) is 0 Å². The molecule has 0 unspecified atom stereocenters. The first-order chi connectivity index (χ1) is 13.6. The van der Waals surface area contributed by atoms with Gasteiger partial charge in [0, 0.05) is 49.2 Å². The summed E-state index contributed by atoms with van der Waals surface area (Å²) >= 11 is 0. The first kappa shape index (κ1) is 18.1. The fraction of sp³-hybridized carbons (Fsp3) is 0.273. The van der Waals surface area contributed by atoms with Crippen molar-refractivity contribution >= 4 is 28.4 Å². The van der Waals surface area contributed by atoms with Gasteiger partial charge in [0.2, 0.25) is 11.8 Å². The predicted octanol–water partition coefficient (Wildman–Crippen LogP) is 3.17. The van der Waals surface area contributed by atoms with Crippen molar-refractivity contribution in [3.63, 3.8) is 0 Å². The minimum Gasteiger partial charge on any atom is -0.496 e. The zero-order chi connectivity index (χ0) is 19.7. The molecule has 0 radical (unpaired) electrons. The van der Waals surface area contributed by atoms with Crippen LogP contribution in [0.3, 0.4) is 0 Å². The van der Waals surface area contributed by atoms with Gasteiger partial charge in [0.05, 0.1) is 18.7 Å². The number of methoxy groups -OCH3 is 1. The highest BCUT2D eigenvalue weighted by Crippen LogP contribution is 2.28. The van der Waals surface area contributed by atoms with Crippen molar-refractivity contribution in [3.05, 3.63) is 60.3 Å². The Balaban J connectivity index is 1.46. The first-order valence-electron chi connectivity index (χ1n) is 9.31. The number of carbonyl (C=O) groups excluding carboxylic acids is 2. The van der Waals surface area contributed by atoms with Crippen LogP contribution >= 0.6 is 0 Å². The summed E-state index contributed by atoms with van der Waals surface area (Å²) in [5.41, 5.74) is 2.77. The van der Waals surface area contributed by atoms with Crippen molar-refractivity contribution in [1.29, 1.82) is 0 Å². The van der Waals surface area contributed by atoms with Gasteiger partial charge in [-0.25, -0.2) is 0 Å². The Morgan fingerprint density at radius 1 is 1.18 bits per heavy atom. The van der Waals surface area contributed by atoms with Crippen molar-refractivity contribution in [3.8, 4) is 5.75 Å². The van der Waals surface area contributed by atoms with Gasteiger partial charge in [-0.15, -0.1) is 0 Å². The van der Waals surface area contributed by atoms with Crippen LogP contribution in [0.4, 0.5) is 5.69 Å². The predicted molar refractivity (Wildman–Crippen MR) is 108 cm³/mol. The number of carbonyl (C=O) groups is 2. The van der Waals surface area contributed by atoms with Crippen LogP contribution in [-0.2, 0) is 23.2 Å². The molecular weight excluding hydrogens is 354 g/mol. The summed E-state index contributed by atoms with van der Waals surface area (Å²) in [7, 11) is 3.59. The number of nitrogens with one attached hydrogen (secondary N) is 1. The summed E-state index contributed by atoms with van der Waals surface area (Å²) < 4.78 is 7.38. The molecule has 2 aromatic carbocycles. The lowest BCUT2D eigenvalue weighted by molar-refractivity contribution is -0.128. The quantitative estimate of drug-likeness (QED) is 0.743. The molecule has 3 aromatic rings. The Labute approximate surface area is 163 Å². The van der Waals surface area contributed by atoms with Crippen LogP contribution in [0.25, 0.3) is 10.9 Å². The fourth-order valence-corrected chi connectivity index (χ4v) is 3.79. The number of amides is 2. The summed E-state index contributed by atoms with van der Waals surface area (Å²) in [5, 5.41) is 4.01. The number of aromatic nitrogens is 1. The largest absolute Gasteiger partial charge is 0.496 e. The molecule has 2 amide bonds. The maximum absolute atomic E-state index is 12.8. The van der Waals surface area contributed by atoms with Crippen LogP contribution < -0.4 is 10.1 Å². The number of hydrogen-bond acceptors (Lipinski definition) is 3. The van der Waals surface area contributed by atoms with Crippen LogP contribution in [-0.4, -0.2) is 34.9 Å². The number of likely N-dealkylation sites (tertiary alicyclic amines) is 1. The summed E-state index contributed by atoms with van der Waals surface area (Å²) in [6, 6.07) is 15.4. The normalized spacial score (nSPS) is 16.6. The molecule has 1 aliphatic heterocycles. The molecule has 0 bridgehead atoms. The van der Waals surface area contributed by atoms with Crippen molar-refractivity contribution < 1.29 is 14.3 Å². The van der Waals surface area contributed by atoms with Crippen molar-refractivity contribution in [1.82, 2.24) is 9.47 Å². The van der Waals surface area contributed by atoms with E-state index in [2.05, 4.69) is 5.32 Å². The molecule has 1 aliphatic rings. The second-order valence-corrected chi connectivity index (χ2v) is 7.14. The van der Waals surface area contributed by atoms with E-state index < -0.39 is 0 Å². The highest BCUT2D eigenvalue weighted by atomic mass is 16.5. The van der Waals surface area contributed by atoms with E-state index in [0.29, 0.717) is 13.1 Å². The van der Waals surface area contributed by atoms with Crippen LogP contribution in [0.15, 0.2) is 54.7 Å². The lowest BCUT2D eigenvalue weighted by Crippen LogP contribution is -2.28. The van der Waals surface area contributed by atoms with Crippen LogP contribution in [0.1, 0.15) is 12.0 Å². The van der Waals surface area contributed by atoms with Crippen molar-refractivity contribution in [2.75, 3.05) is 19.0 Å². The number of fused-ring (bicyclic) bond motifs is 1. The van der Waals surface area contributed by atoms with Crippen molar-refractivity contribution in [2.24, 2.45) is 13.0 Å².